The Bertz CT molecular complexity index is 531. The Hall–Kier alpha value is -2.12. The zero-order valence-corrected chi connectivity index (χ0v) is 14.0. The van der Waals surface area contributed by atoms with Crippen LogP contribution in [0.3, 0.4) is 0 Å². The highest BCUT2D eigenvalue weighted by Crippen LogP contribution is 2.27. The lowest BCUT2D eigenvalue weighted by molar-refractivity contribution is -0.115. The van der Waals surface area contributed by atoms with Crippen molar-refractivity contribution < 1.29 is 23.8 Å². The van der Waals surface area contributed by atoms with Gasteiger partial charge in [-0.3, -0.25) is 4.79 Å². The number of anilines is 1. The van der Waals surface area contributed by atoms with E-state index in [2.05, 4.69) is 10.6 Å². The molecular weight excluding hydrogens is 300 g/mol. The molecule has 0 aliphatic rings. The van der Waals surface area contributed by atoms with Crippen LogP contribution in [0.2, 0.25) is 0 Å². The Morgan fingerprint density at radius 3 is 2.57 bits per heavy atom. The Balaban J connectivity index is 2.82. The second-order valence-corrected chi connectivity index (χ2v) is 5.09. The Morgan fingerprint density at radius 2 is 1.96 bits per heavy atom. The first kappa shape index (κ1) is 18.9. The monoisotopic (exact) mass is 324 g/mol. The minimum absolute atomic E-state index is 0.0607. The van der Waals surface area contributed by atoms with E-state index in [1.807, 2.05) is 13.8 Å². The van der Waals surface area contributed by atoms with E-state index >= 15 is 0 Å². The highest BCUT2D eigenvalue weighted by atomic mass is 16.5. The molecule has 1 aromatic carbocycles. The summed E-state index contributed by atoms with van der Waals surface area (Å²) in [7, 11) is 2.90. The lowest BCUT2D eigenvalue weighted by atomic mass is 10.2. The van der Waals surface area contributed by atoms with Crippen LogP contribution in [0.15, 0.2) is 18.2 Å². The molecule has 0 aliphatic heterocycles. The maximum absolute atomic E-state index is 12.0. The fraction of sp³-hybridized carbons (Fsp3) is 0.500. The van der Waals surface area contributed by atoms with Crippen LogP contribution in [0.25, 0.3) is 0 Å². The number of ether oxygens (including phenoxy) is 3. The molecule has 0 saturated heterocycles. The normalized spacial score (nSPS) is 10.5. The number of hydrogen-bond acceptors (Lipinski definition) is 6. The third-order valence-corrected chi connectivity index (χ3v) is 2.81. The number of rotatable bonds is 9. The standard InChI is InChI=1S/C16H24N2O5/c1-11(2)23-14-6-5-12(16(20)22-4)9-13(14)18-15(19)10-17-7-8-21-3/h5-6,9,11,17H,7-8,10H2,1-4H3,(H,18,19). The molecule has 0 aromatic heterocycles. The van der Waals surface area contributed by atoms with Crippen LogP contribution in [0.5, 0.6) is 5.75 Å². The summed E-state index contributed by atoms with van der Waals surface area (Å²) in [6.45, 7) is 4.99. The summed E-state index contributed by atoms with van der Waals surface area (Å²) in [5, 5.41) is 5.68. The van der Waals surface area contributed by atoms with E-state index in [9.17, 15) is 9.59 Å². The van der Waals surface area contributed by atoms with Gasteiger partial charge in [-0.2, -0.15) is 0 Å². The van der Waals surface area contributed by atoms with E-state index in [4.69, 9.17) is 14.2 Å². The molecule has 0 radical (unpaired) electrons. The number of carbonyl (C=O) groups excluding carboxylic acids is 2. The lowest BCUT2D eigenvalue weighted by Gasteiger charge is -2.16. The summed E-state index contributed by atoms with van der Waals surface area (Å²) >= 11 is 0. The molecule has 0 saturated carbocycles. The van der Waals surface area contributed by atoms with Gasteiger partial charge in [0.25, 0.3) is 0 Å². The van der Waals surface area contributed by atoms with E-state index in [0.29, 0.717) is 30.2 Å². The molecule has 0 unspecified atom stereocenters. The van der Waals surface area contributed by atoms with Crippen LogP contribution in [-0.4, -0.2) is 51.9 Å². The number of hydrogen-bond donors (Lipinski definition) is 2. The topological polar surface area (TPSA) is 85.9 Å². The smallest absolute Gasteiger partial charge is 0.337 e. The van der Waals surface area contributed by atoms with Crippen molar-refractivity contribution in [2.45, 2.75) is 20.0 Å². The number of esters is 1. The highest BCUT2D eigenvalue weighted by molar-refractivity contribution is 5.96. The average molecular weight is 324 g/mol. The molecule has 0 aliphatic carbocycles. The van der Waals surface area contributed by atoms with Gasteiger partial charge in [0, 0.05) is 13.7 Å². The fourth-order valence-electron chi connectivity index (χ4n) is 1.80. The van der Waals surface area contributed by atoms with Gasteiger partial charge in [-0.15, -0.1) is 0 Å². The van der Waals surface area contributed by atoms with Crippen molar-refractivity contribution in [2.24, 2.45) is 0 Å². The Labute approximate surface area is 136 Å². The lowest BCUT2D eigenvalue weighted by Crippen LogP contribution is -2.30. The molecule has 7 heteroatoms. The molecule has 0 atom stereocenters. The number of methoxy groups -OCH3 is 2. The van der Waals surface area contributed by atoms with Gasteiger partial charge >= 0.3 is 5.97 Å². The molecular formula is C16H24N2O5. The molecule has 7 nitrogen and oxygen atoms in total. The molecule has 0 bridgehead atoms. The summed E-state index contributed by atoms with van der Waals surface area (Å²) in [5.41, 5.74) is 0.770. The number of amides is 1. The Morgan fingerprint density at radius 1 is 1.22 bits per heavy atom. The minimum Gasteiger partial charge on any atom is -0.489 e. The number of benzene rings is 1. The van der Waals surface area contributed by atoms with Gasteiger partial charge in [-0.1, -0.05) is 0 Å². The summed E-state index contributed by atoms with van der Waals surface area (Å²) in [4.78, 5) is 23.6. The molecule has 2 N–H and O–H groups in total. The van der Waals surface area contributed by atoms with E-state index in [0.717, 1.165) is 0 Å². The number of carbonyl (C=O) groups is 2. The third-order valence-electron chi connectivity index (χ3n) is 2.81. The van der Waals surface area contributed by atoms with Gasteiger partial charge in [0.2, 0.25) is 5.91 Å². The zero-order chi connectivity index (χ0) is 17.2. The van der Waals surface area contributed by atoms with Gasteiger partial charge in [0.15, 0.2) is 0 Å². The Kier molecular flexibility index (Phi) is 8.07. The van der Waals surface area contributed by atoms with Crippen molar-refractivity contribution in [3.63, 3.8) is 0 Å². The maximum atomic E-state index is 12.0. The second kappa shape index (κ2) is 9.81. The largest absolute Gasteiger partial charge is 0.489 e. The quantitative estimate of drug-likeness (QED) is 0.528. The molecule has 0 heterocycles. The molecule has 1 aromatic rings. The minimum atomic E-state index is -0.477. The van der Waals surface area contributed by atoms with Crippen molar-refractivity contribution in [2.75, 3.05) is 39.2 Å². The van der Waals surface area contributed by atoms with E-state index in [1.54, 1.807) is 19.2 Å². The molecule has 0 fully saturated rings. The van der Waals surface area contributed by atoms with Gasteiger partial charge in [0.1, 0.15) is 5.75 Å². The zero-order valence-electron chi connectivity index (χ0n) is 14.0. The van der Waals surface area contributed by atoms with Crippen molar-refractivity contribution in [1.29, 1.82) is 0 Å². The van der Waals surface area contributed by atoms with Crippen molar-refractivity contribution in [3.8, 4) is 5.75 Å². The predicted octanol–water partition coefficient (Wildman–Crippen LogP) is 1.43. The van der Waals surface area contributed by atoms with Crippen LogP contribution >= 0.6 is 0 Å². The van der Waals surface area contributed by atoms with Gasteiger partial charge in [0.05, 0.1) is 37.6 Å². The van der Waals surface area contributed by atoms with Crippen LogP contribution in [0.1, 0.15) is 24.2 Å². The first-order valence-corrected chi connectivity index (χ1v) is 7.36. The molecule has 128 valence electrons. The van der Waals surface area contributed by atoms with Gasteiger partial charge in [-0.05, 0) is 32.0 Å². The first-order valence-electron chi connectivity index (χ1n) is 7.36. The summed E-state index contributed by atoms with van der Waals surface area (Å²) in [5.74, 6) is -0.218. The predicted molar refractivity (Wildman–Crippen MR) is 86.9 cm³/mol. The molecule has 23 heavy (non-hydrogen) atoms. The molecule has 1 amide bonds. The third kappa shape index (κ3) is 6.66. The number of nitrogens with one attached hydrogen (secondary N) is 2. The van der Waals surface area contributed by atoms with Crippen molar-refractivity contribution in [1.82, 2.24) is 5.32 Å². The van der Waals surface area contributed by atoms with Gasteiger partial charge in [-0.25, -0.2) is 4.79 Å². The van der Waals surface area contributed by atoms with Crippen LogP contribution in [0, 0.1) is 0 Å². The molecule has 0 spiro atoms. The van der Waals surface area contributed by atoms with E-state index < -0.39 is 5.97 Å². The SMILES string of the molecule is COCCNCC(=O)Nc1cc(C(=O)OC)ccc1OC(C)C. The van der Waals surface area contributed by atoms with Crippen LogP contribution in [-0.2, 0) is 14.3 Å². The summed E-state index contributed by atoms with van der Waals surface area (Å²) in [6.07, 6.45) is -0.0607. The van der Waals surface area contributed by atoms with Gasteiger partial charge < -0.3 is 24.8 Å². The molecule has 1 rings (SSSR count). The highest BCUT2D eigenvalue weighted by Gasteiger charge is 2.14. The summed E-state index contributed by atoms with van der Waals surface area (Å²) in [6, 6.07) is 4.77. The average Bonchev–Trinajstić information content (AvgIpc) is 2.52. The second-order valence-electron chi connectivity index (χ2n) is 5.09. The van der Waals surface area contributed by atoms with Crippen molar-refractivity contribution >= 4 is 17.6 Å². The summed E-state index contributed by atoms with van der Waals surface area (Å²) < 4.78 is 15.2. The van der Waals surface area contributed by atoms with Crippen LogP contribution < -0.4 is 15.4 Å². The fourth-order valence-corrected chi connectivity index (χ4v) is 1.80. The maximum Gasteiger partial charge on any atom is 0.337 e. The van der Waals surface area contributed by atoms with E-state index in [-0.39, 0.29) is 18.6 Å². The van der Waals surface area contributed by atoms with E-state index in [1.165, 1.54) is 13.2 Å². The van der Waals surface area contributed by atoms with Crippen molar-refractivity contribution in [3.05, 3.63) is 23.8 Å². The van der Waals surface area contributed by atoms with Crippen LogP contribution in [0.4, 0.5) is 5.69 Å². The first-order chi connectivity index (χ1) is 11.0.